The molecule has 1 aliphatic carbocycles. The maximum Gasteiger partial charge on any atom is 0.211 e. The average molecular weight is 753 g/mol. The van der Waals surface area contributed by atoms with E-state index >= 15 is 0 Å². The van der Waals surface area contributed by atoms with Gasteiger partial charge in [0.05, 0.1) is 0 Å². The molecule has 3 aromatic carbocycles. The normalized spacial score (nSPS) is 24.3. The van der Waals surface area contributed by atoms with Crippen molar-refractivity contribution in [2.75, 3.05) is 0 Å². The van der Waals surface area contributed by atoms with Crippen LogP contribution in [0.2, 0.25) is 0 Å². The van der Waals surface area contributed by atoms with E-state index in [4.69, 9.17) is 14.2 Å². The van der Waals surface area contributed by atoms with Crippen molar-refractivity contribution in [1.82, 2.24) is 0 Å². The lowest BCUT2D eigenvalue weighted by atomic mass is 9.69. The SMILES string of the molecule is CC(C)=CCC/C(C)=C/CCC1(C)CCC2=C(O1)c1ccccc1C(=O)C21CCc2c3c(c4ccccc4c2O1)OC(C)(CC/C=C(\C)CCC=C(C)C)CC3. The lowest BCUT2D eigenvalue weighted by molar-refractivity contribution is 0.00846. The van der Waals surface area contributed by atoms with E-state index < -0.39 is 5.60 Å². The van der Waals surface area contributed by atoms with Gasteiger partial charge in [-0.05, 0) is 139 Å². The minimum atomic E-state index is -1.09. The Hall–Kier alpha value is -4.31. The number of rotatable bonds is 12. The molecule has 3 unspecified atom stereocenters. The number of allylic oxidation sites excluding steroid dienone is 8. The summed E-state index contributed by atoms with van der Waals surface area (Å²) < 4.78 is 21.5. The van der Waals surface area contributed by atoms with Crippen LogP contribution in [0.1, 0.15) is 159 Å². The molecule has 3 aromatic rings. The third-order valence-electron chi connectivity index (χ3n) is 12.9. The number of hydrogen-bond acceptors (Lipinski definition) is 4. The molecular weight excluding hydrogens is 689 g/mol. The monoisotopic (exact) mass is 752 g/mol. The molecule has 296 valence electrons. The van der Waals surface area contributed by atoms with Crippen molar-refractivity contribution >= 4 is 22.3 Å². The summed E-state index contributed by atoms with van der Waals surface area (Å²) in [5, 5.41) is 2.11. The van der Waals surface area contributed by atoms with Crippen molar-refractivity contribution in [3.05, 3.63) is 123 Å². The number of Topliss-reactive ketones (excluding diaryl/α,β-unsaturated/α-hetero) is 1. The maximum absolute atomic E-state index is 14.9. The topological polar surface area (TPSA) is 44.8 Å². The number of fused-ring (bicyclic) bond motifs is 9. The second kappa shape index (κ2) is 16.3. The van der Waals surface area contributed by atoms with Gasteiger partial charge in [-0.1, -0.05) is 95.1 Å². The van der Waals surface area contributed by atoms with E-state index in [9.17, 15) is 4.79 Å². The molecule has 3 aliphatic heterocycles. The van der Waals surface area contributed by atoms with E-state index in [-0.39, 0.29) is 17.0 Å². The minimum Gasteiger partial charge on any atom is -0.487 e. The number of carbonyl (C=O) groups excluding carboxylic acids is 1. The van der Waals surface area contributed by atoms with E-state index in [0.29, 0.717) is 12.0 Å². The van der Waals surface area contributed by atoms with Gasteiger partial charge in [-0.25, -0.2) is 0 Å². The van der Waals surface area contributed by atoms with Crippen LogP contribution < -0.4 is 9.47 Å². The highest BCUT2D eigenvalue weighted by Crippen LogP contribution is 2.56. The van der Waals surface area contributed by atoms with Gasteiger partial charge in [0.2, 0.25) is 5.78 Å². The summed E-state index contributed by atoms with van der Waals surface area (Å²) in [6.07, 6.45) is 22.6. The first kappa shape index (κ1) is 39.9. The summed E-state index contributed by atoms with van der Waals surface area (Å²) >= 11 is 0. The molecule has 56 heavy (non-hydrogen) atoms. The molecule has 4 heteroatoms. The summed E-state index contributed by atoms with van der Waals surface area (Å²) in [7, 11) is 0. The largest absolute Gasteiger partial charge is 0.487 e. The predicted octanol–water partition coefficient (Wildman–Crippen LogP) is 14.1. The van der Waals surface area contributed by atoms with E-state index in [1.807, 2.05) is 18.2 Å². The van der Waals surface area contributed by atoms with Crippen molar-refractivity contribution in [3.8, 4) is 11.5 Å². The number of benzene rings is 3. The second-order valence-electron chi connectivity index (χ2n) is 18.2. The average Bonchev–Trinajstić information content (AvgIpc) is 3.16. The summed E-state index contributed by atoms with van der Waals surface area (Å²) in [5.41, 5.74) is 9.09. The molecule has 0 N–H and O–H groups in total. The Morgan fingerprint density at radius 3 is 1.68 bits per heavy atom. The Kier molecular flexibility index (Phi) is 11.6. The molecule has 1 spiro atoms. The molecule has 4 aliphatic rings. The standard InChI is InChI=1S/C52H64O4/c1-35(2)17-13-19-37(5)21-15-30-50(7)32-27-42-43-28-34-52(56-47(43)40-24-10-9-23-39(40)46(42)54-50)45-29-33-51(8,31-16-22-38(6)20-14-18-36(3)4)55-48(45)41-25-11-12-26-44(41)49(52)53/h9-12,17-18,21-26H,13-16,19-20,27-34H2,1-8H3/b37-21+,38-22+. The highest BCUT2D eigenvalue weighted by Gasteiger charge is 2.55. The third-order valence-corrected chi connectivity index (χ3v) is 12.9. The third kappa shape index (κ3) is 8.09. The second-order valence-corrected chi connectivity index (χ2v) is 18.2. The Balaban J connectivity index is 1.17. The highest BCUT2D eigenvalue weighted by molar-refractivity contribution is 6.12. The van der Waals surface area contributed by atoms with Crippen molar-refractivity contribution in [2.45, 2.75) is 162 Å². The number of ether oxygens (including phenoxy) is 3. The van der Waals surface area contributed by atoms with Gasteiger partial charge < -0.3 is 14.2 Å². The van der Waals surface area contributed by atoms with E-state index in [2.05, 4.69) is 110 Å². The van der Waals surface area contributed by atoms with Gasteiger partial charge in [0.25, 0.3) is 0 Å². The summed E-state index contributed by atoms with van der Waals surface area (Å²) in [6.45, 7) is 17.7. The van der Waals surface area contributed by atoms with Crippen molar-refractivity contribution in [3.63, 3.8) is 0 Å². The summed E-state index contributed by atoms with van der Waals surface area (Å²) in [4.78, 5) is 14.9. The lowest BCUT2D eigenvalue weighted by Crippen LogP contribution is -2.53. The fraction of sp³-hybridized carbons (Fsp3) is 0.481. The first-order valence-electron chi connectivity index (χ1n) is 21.4. The Morgan fingerprint density at radius 1 is 0.589 bits per heavy atom. The quantitative estimate of drug-likeness (QED) is 0.173. The van der Waals surface area contributed by atoms with E-state index in [1.54, 1.807) is 0 Å². The molecule has 0 bridgehead atoms. The van der Waals surface area contributed by atoms with Gasteiger partial charge in [0.15, 0.2) is 5.60 Å². The first-order valence-corrected chi connectivity index (χ1v) is 21.4. The van der Waals surface area contributed by atoms with Gasteiger partial charge >= 0.3 is 0 Å². The lowest BCUT2D eigenvalue weighted by Gasteiger charge is -2.48. The Labute approximate surface area is 336 Å². The van der Waals surface area contributed by atoms with Crippen LogP contribution in [-0.4, -0.2) is 22.6 Å². The zero-order chi connectivity index (χ0) is 39.7. The molecule has 0 radical (unpaired) electrons. The fourth-order valence-electron chi connectivity index (χ4n) is 9.51. The Bertz CT molecular complexity index is 2150. The van der Waals surface area contributed by atoms with Crippen LogP contribution >= 0.6 is 0 Å². The molecule has 3 heterocycles. The van der Waals surface area contributed by atoms with Gasteiger partial charge in [-0.15, -0.1) is 0 Å². The molecule has 0 saturated heterocycles. The van der Waals surface area contributed by atoms with E-state index in [1.165, 1.54) is 33.4 Å². The zero-order valence-electron chi connectivity index (χ0n) is 35.5. The fourth-order valence-corrected chi connectivity index (χ4v) is 9.51. The highest BCUT2D eigenvalue weighted by atomic mass is 16.5. The number of carbonyl (C=O) groups is 1. The molecule has 3 atom stereocenters. The molecule has 7 rings (SSSR count). The van der Waals surface area contributed by atoms with Crippen molar-refractivity contribution in [1.29, 1.82) is 0 Å². The molecule has 0 saturated carbocycles. The van der Waals surface area contributed by atoms with Crippen LogP contribution in [0.15, 0.2) is 101 Å². The van der Waals surface area contributed by atoms with E-state index in [0.717, 1.165) is 123 Å². The Morgan fingerprint density at radius 2 is 1.09 bits per heavy atom. The van der Waals surface area contributed by atoms with Gasteiger partial charge in [0.1, 0.15) is 28.5 Å². The maximum atomic E-state index is 14.9. The van der Waals surface area contributed by atoms with Crippen LogP contribution in [0.25, 0.3) is 16.5 Å². The number of ketones is 1. The van der Waals surface area contributed by atoms with Crippen LogP contribution in [0.4, 0.5) is 0 Å². The van der Waals surface area contributed by atoms with Gasteiger partial charge in [-0.3, -0.25) is 4.79 Å². The smallest absolute Gasteiger partial charge is 0.211 e. The minimum absolute atomic E-state index is 0.0643. The van der Waals surface area contributed by atoms with Crippen molar-refractivity contribution in [2.24, 2.45) is 0 Å². The van der Waals surface area contributed by atoms with Crippen LogP contribution in [0, 0.1) is 0 Å². The van der Waals surface area contributed by atoms with Gasteiger partial charge in [-0.2, -0.15) is 0 Å². The molecule has 0 amide bonds. The van der Waals surface area contributed by atoms with Gasteiger partial charge in [0, 0.05) is 45.0 Å². The zero-order valence-corrected chi connectivity index (χ0v) is 35.5. The summed E-state index contributed by atoms with van der Waals surface area (Å²) in [6, 6.07) is 16.5. The number of hydrogen-bond donors (Lipinski definition) is 0. The van der Waals surface area contributed by atoms with Crippen molar-refractivity contribution < 1.29 is 19.0 Å². The summed E-state index contributed by atoms with van der Waals surface area (Å²) in [5.74, 6) is 2.79. The van der Waals surface area contributed by atoms with Crippen LogP contribution in [-0.2, 0) is 17.6 Å². The van der Waals surface area contributed by atoms with Crippen LogP contribution in [0.3, 0.4) is 0 Å². The molecule has 0 fully saturated rings. The van der Waals surface area contributed by atoms with Crippen LogP contribution in [0.5, 0.6) is 11.5 Å². The molecule has 4 nitrogen and oxygen atoms in total. The first-order chi connectivity index (χ1) is 26.8. The molecule has 0 aromatic heterocycles. The predicted molar refractivity (Wildman–Crippen MR) is 233 cm³/mol. The molecular formula is C52H64O4.